The Bertz CT molecular complexity index is 417. The molecule has 94 valence electrons. The van der Waals surface area contributed by atoms with Gasteiger partial charge in [-0.3, -0.25) is 0 Å². The number of rotatable bonds is 2. The number of nitrogens with two attached hydrogens (primary N) is 1. The number of aryl methyl sites for hydroxylation is 1. The van der Waals surface area contributed by atoms with Crippen molar-refractivity contribution < 1.29 is 9.13 Å². The van der Waals surface area contributed by atoms with Crippen LogP contribution < -0.4 is 10.5 Å². The highest BCUT2D eigenvalue weighted by Gasteiger charge is 2.40. The van der Waals surface area contributed by atoms with Gasteiger partial charge in [-0.2, -0.15) is 0 Å². The third-order valence-electron chi connectivity index (χ3n) is 3.79. The standard InChI is InChI=1S/C14H20FNO/c1-9-8-10(4-5-11(9)15)17-12-6-7-14(2,3)13(12)16/h4-5,8,12-13H,6-7,16H2,1-3H3. The summed E-state index contributed by atoms with van der Waals surface area (Å²) in [5, 5.41) is 0. The van der Waals surface area contributed by atoms with E-state index in [1.54, 1.807) is 19.1 Å². The van der Waals surface area contributed by atoms with Crippen LogP contribution in [0.1, 0.15) is 32.3 Å². The number of halogens is 1. The Morgan fingerprint density at radius 3 is 2.65 bits per heavy atom. The van der Waals surface area contributed by atoms with E-state index in [1.165, 1.54) is 6.07 Å². The van der Waals surface area contributed by atoms with E-state index in [-0.39, 0.29) is 23.4 Å². The van der Waals surface area contributed by atoms with Crippen LogP contribution in [-0.4, -0.2) is 12.1 Å². The van der Waals surface area contributed by atoms with Crippen molar-refractivity contribution in [3.63, 3.8) is 0 Å². The highest BCUT2D eigenvalue weighted by atomic mass is 19.1. The Morgan fingerprint density at radius 2 is 2.12 bits per heavy atom. The minimum atomic E-state index is -0.201. The quantitative estimate of drug-likeness (QED) is 0.858. The maximum absolute atomic E-state index is 13.1. The third-order valence-corrected chi connectivity index (χ3v) is 3.79. The smallest absolute Gasteiger partial charge is 0.126 e. The van der Waals surface area contributed by atoms with Gasteiger partial charge in [0.1, 0.15) is 17.7 Å². The predicted molar refractivity (Wildman–Crippen MR) is 66.5 cm³/mol. The molecule has 0 heterocycles. The van der Waals surface area contributed by atoms with Crippen LogP contribution in [0.4, 0.5) is 4.39 Å². The van der Waals surface area contributed by atoms with Gasteiger partial charge in [-0.05, 0) is 48.9 Å². The predicted octanol–water partition coefficient (Wildman–Crippen LogP) is 3.03. The first-order valence-electron chi connectivity index (χ1n) is 6.08. The number of ether oxygens (including phenoxy) is 1. The molecule has 1 aliphatic rings. The average molecular weight is 237 g/mol. The lowest BCUT2D eigenvalue weighted by Gasteiger charge is -2.27. The molecule has 2 rings (SSSR count). The van der Waals surface area contributed by atoms with Crippen molar-refractivity contribution >= 4 is 0 Å². The first-order valence-corrected chi connectivity index (χ1v) is 6.08. The Kier molecular flexibility index (Phi) is 3.13. The second-order valence-corrected chi connectivity index (χ2v) is 5.62. The van der Waals surface area contributed by atoms with Gasteiger partial charge in [-0.1, -0.05) is 13.8 Å². The molecule has 0 aliphatic heterocycles. The van der Waals surface area contributed by atoms with Crippen molar-refractivity contribution in [3.05, 3.63) is 29.6 Å². The molecular formula is C14H20FNO. The fourth-order valence-electron chi connectivity index (χ4n) is 2.36. The van der Waals surface area contributed by atoms with Crippen molar-refractivity contribution in [2.24, 2.45) is 11.1 Å². The molecule has 0 radical (unpaired) electrons. The number of hydrogen-bond donors (Lipinski definition) is 1. The molecule has 1 saturated carbocycles. The second kappa shape index (κ2) is 4.30. The summed E-state index contributed by atoms with van der Waals surface area (Å²) >= 11 is 0. The molecule has 1 aromatic rings. The minimum Gasteiger partial charge on any atom is -0.489 e. The monoisotopic (exact) mass is 237 g/mol. The van der Waals surface area contributed by atoms with E-state index < -0.39 is 0 Å². The molecule has 2 N–H and O–H groups in total. The van der Waals surface area contributed by atoms with Crippen molar-refractivity contribution in [2.45, 2.75) is 45.8 Å². The Labute approximate surface area is 102 Å². The first-order chi connectivity index (χ1) is 7.90. The molecule has 0 saturated heterocycles. The van der Waals surface area contributed by atoms with Crippen LogP contribution in [0.3, 0.4) is 0 Å². The van der Waals surface area contributed by atoms with Crippen LogP contribution in [0.15, 0.2) is 18.2 Å². The van der Waals surface area contributed by atoms with Crippen molar-refractivity contribution in [1.29, 1.82) is 0 Å². The molecule has 2 atom stereocenters. The third kappa shape index (κ3) is 2.44. The van der Waals surface area contributed by atoms with Gasteiger partial charge in [0.15, 0.2) is 0 Å². The van der Waals surface area contributed by atoms with E-state index in [0.29, 0.717) is 11.3 Å². The van der Waals surface area contributed by atoms with Crippen LogP contribution in [0.25, 0.3) is 0 Å². The summed E-state index contributed by atoms with van der Waals surface area (Å²) in [7, 11) is 0. The van der Waals surface area contributed by atoms with Crippen LogP contribution in [-0.2, 0) is 0 Å². The van der Waals surface area contributed by atoms with Gasteiger partial charge in [0.05, 0.1) is 0 Å². The maximum atomic E-state index is 13.1. The van der Waals surface area contributed by atoms with Crippen LogP contribution in [0, 0.1) is 18.2 Å². The largest absolute Gasteiger partial charge is 0.489 e. The van der Waals surface area contributed by atoms with E-state index >= 15 is 0 Å². The minimum absolute atomic E-state index is 0.0351. The normalized spacial score (nSPS) is 27.1. The molecule has 0 aromatic heterocycles. The van der Waals surface area contributed by atoms with Crippen molar-refractivity contribution in [2.75, 3.05) is 0 Å². The summed E-state index contributed by atoms with van der Waals surface area (Å²) in [5.41, 5.74) is 6.90. The lowest BCUT2D eigenvalue weighted by atomic mass is 9.88. The summed E-state index contributed by atoms with van der Waals surface area (Å²) in [6, 6.07) is 4.87. The van der Waals surface area contributed by atoms with Crippen LogP contribution >= 0.6 is 0 Å². The molecule has 17 heavy (non-hydrogen) atoms. The van der Waals surface area contributed by atoms with Crippen molar-refractivity contribution in [3.8, 4) is 5.75 Å². The summed E-state index contributed by atoms with van der Waals surface area (Å²) < 4.78 is 19.0. The molecule has 1 aliphatic carbocycles. The molecule has 0 amide bonds. The number of benzene rings is 1. The molecular weight excluding hydrogens is 217 g/mol. The highest BCUT2D eigenvalue weighted by molar-refractivity contribution is 5.29. The molecule has 3 heteroatoms. The lowest BCUT2D eigenvalue weighted by Crippen LogP contribution is -2.42. The van der Waals surface area contributed by atoms with Crippen molar-refractivity contribution in [1.82, 2.24) is 0 Å². The van der Waals surface area contributed by atoms with E-state index in [0.717, 1.165) is 12.8 Å². The van der Waals surface area contributed by atoms with Gasteiger partial charge in [-0.25, -0.2) is 4.39 Å². The maximum Gasteiger partial charge on any atom is 0.126 e. The van der Waals surface area contributed by atoms with Crippen LogP contribution in [0.2, 0.25) is 0 Å². The van der Waals surface area contributed by atoms with Gasteiger partial charge in [0, 0.05) is 6.04 Å². The molecule has 0 bridgehead atoms. The SMILES string of the molecule is Cc1cc(OC2CCC(C)(C)C2N)ccc1F. The van der Waals surface area contributed by atoms with Gasteiger partial charge in [-0.15, -0.1) is 0 Å². The van der Waals surface area contributed by atoms with E-state index in [4.69, 9.17) is 10.5 Å². The zero-order chi connectivity index (χ0) is 12.6. The molecule has 2 unspecified atom stereocenters. The first kappa shape index (κ1) is 12.4. The zero-order valence-corrected chi connectivity index (χ0v) is 10.7. The molecule has 1 fully saturated rings. The summed E-state index contributed by atoms with van der Waals surface area (Å²) in [5.74, 6) is 0.510. The summed E-state index contributed by atoms with van der Waals surface area (Å²) in [6.45, 7) is 6.06. The molecule has 0 spiro atoms. The Balaban J connectivity index is 2.09. The van der Waals surface area contributed by atoms with E-state index in [1.807, 2.05) is 0 Å². The van der Waals surface area contributed by atoms with E-state index in [9.17, 15) is 4.39 Å². The second-order valence-electron chi connectivity index (χ2n) is 5.62. The van der Waals surface area contributed by atoms with Crippen LogP contribution in [0.5, 0.6) is 5.75 Å². The lowest BCUT2D eigenvalue weighted by molar-refractivity contribution is 0.164. The van der Waals surface area contributed by atoms with Gasteiger partial charge in [0.2, 0.25) is 0 Å². The molecule has 1 aromatic carbocycles. The topological polar surface area (TPSA) is 35.2 Å². The number of hydrogen-bond acceptors (Lipinski definition) is 2. The molecule has 2 nitrogen and oxygen atoms in total. The summed E-state index contributed by atoms with van der Waals surface area (Å²) in [4.78, 5) is 0. The highest BCUT2D eigenvalue weighted by Crippen LogP contribution is 2.38. The van der Waals surface area contributed by atoms with Gasteiger partial charge in [0.25, 0.3) is 0 Å². The summed E-state index contributed by atoms with van der Waals surface area (Å²) in [6.07, 6.45) is 2.07. The fraction of sp³-hybridized carbons (Fsp3) is 0.571. The zero-order valence-electron chi connectivity index (χ0n) is 10.7. The van der Waals surface area contributed by atoms with E-state index in [2.05, 4.69) is 13.8 Å². The fourth-order valence-corrected chi connectivity index (χ4v) is 2.36. The van der Waals surface area contributed by atoms with Gasteiger partial charge < -0.3 is 10.5 Å². The van der Waals surface area contributed by atoms with Gasteiger partial charge >= 0.3 is 0 Å². The Hall–Kier alpha value is -1.09. The average Bonchev–Trinajstić information content (AvgIpc) is 2.51. The Morgan fingerprint density at radius 1 is 1.41 bits per heavy atom.